The molecule has 0 amide bonds. The van der Waals surface area contributed by atoms with Crippen LogP contribution >= 0.6 is 11.8 Å². The zero-order valence-electron chi connectivity index (χ0n) is 14.5. The summed E-state index contributed by atoms with van der Waals surface area (Å²) >= 11 is 1.20. The molecule has 0 aliphatic rings. The molecule has 0 fully saturated rings. The lowest BCUT2D eigenvalue weighted by molar-refractivity contribution is -0.139. The zero-order chi connectivity index (χ0) is 18.4. The van der Waals surface area contributed by atoms with Crippen molar-refractivity contribution in [1.29, 1.82) is 5.26 Å². The van der Waals surface area contributed by atoms with Gasteiger partial charge < -0.3 is 4.74 Å². The second-order valence-electron chi connectivity index (χ2n) is 5.28. The van der Waals surface area contributed by atoms with Crippen molar-refractivity contribution in [2.45, 2.75) is 31.0 Å². The Balaban J connectivity index is 2.40. The van der Waals surface area contributed by atoms with E-state index < -0.39 is 5.25 Å². The van der Waals surface area contributed by atoms with Gasteiger partial charge in [0.1, 0.15) is 22.0 Å². The molecule has 0 spiro atoms. The van der Waals surface area contributed by atoms with Gasteiger partial charge in [-0.1, -0.05) is 30.0 Å². The summed E-state index contributed by atoms with van der Waals surface area (Å²) in [5.41, 5.74) is 3.02. The van der Waals surface area contributed by atoms with Crippen LogP contribution < -0.4 is 0 Å². The SMILES string of the molecule is COC(=O)C(C)Sc1nc(C)c(N=Nc2ccccc2)c(C)c1C#N. The Labute approximate surface area is 151 Å². The second kappa shape index (κ2) is 8.40. The summed E-state index contributed by atoms with van der Waals surface area (Å²) in [6.07, 6.45) is 0. The first-order valence-corrected chi connectivity index (χ1v) is 8.48. The maximum atomic E-state index is 11.6. The largest absolute Gasteiger partial charge is 0.468 e. The minimum Gasteiger partial charge on any atom is -0.468 e. The van der Waals surface area contributed by atoms with E-state index in [0.29, 0.717) is 27.5 Å². The van der Waals surface area contributed by atoms with Gasteiger partial charge in [0, 0.05) is 0 Å². The van der Waals surface area contributed by atoms with Crippen LogP contribution in [0.1, 0.15) is 23.7 Å². The molecule has 0 aliphatic heterocycles. The predicted molar refractivity (Wildman–Crippen MR) is 96.4 cm³/mol. The number of hydrogen-bond donors (Lipinski definition) is 0. The van der Waals surface area contributed by atoms with Crippen LogP contribution in [-0.2, 0) is 9.53 Å². The van der Waals surface area contributed by atoms with E-state index in [2.05, 4.69) is 21.3 Å². The molecule has 2 aromatic rings. The lowest BCUT2D eigenvalue weighted by Gasteiger charge is -2.13. The molecule has 1 heterocycles. The molecule has 0 saturated heterocycles. The third kappa shape index (κ3) is 4.43. The normalized spacial score (nSPS) is 12.0. The fourth-order valence-corrected chi connectivity index (χ4v) is 3.19. The Kier molecular flexibility index (Phi) is 6.25. The second-order valence-corrected chi connectivity index (χ2v) is 6.61. The molecule has 1 aromatic carbocycles. The summed E-state index contributed by atoms with van der Waals surface area (Å²) in [5, 5.41) is 18.0. The maximum Gasteiger partial charge on any atom is 0.318 e. The Morgan fingerprint density at radius 3 is 2.56 bits per heavy atom. The molecule has 25 heavy (non-hydrogen) atoms. The number of aromatic nitrogens is 1. The molecule has 1 atom stereocenters. The van der Waals surface area contributed by atoms with Crippen molar-refractivity contribution in [1.82, 2.24) is 4.98 Å². The quantitative estimate of drug-likeness (QED) is 0.443. The number of esters is 1. The third-order valence-corrected chi connectivity index (χ3v) is 4.58. The summed E-state index contributed by atoms with van der Waals surface area (Å²) in [6.45, 7) is 5.33. The number of nitriles is 1. The lowest BCUT2D eigenvalue weighted by Crippen LogP contribution is -2.15. The molecule has 6 nitrogen and oxygen atoms in total. The van der Waals surface area contributed by atoms with Crippen molar-refractivity contribution in [3.63, 3.8) is 0 Å². The Morgan fingerprint density at radius 2 is 1.96 bits per heavy atom. The van der Waals surface area contributed by atoms with E-state index in [0.717, 1.165) is 5.69 Å². The van der Waals surface area contributed by atoms with Crippen molar-refractivity contribution in [2.24, 2.45) is 10.2 Å². The minimum absolute atomic E-state index is 0.362. The number of nitrogens with zero attached hydrogens (tertiary/aromatic N) is 4. The molecule has 1 unspecified atom stereocenters. The van der Waals surface area contributed by atoms with Gasteiger partial charge in [0.05, 0.1) is 24.1 Å². The van der Waals surface area contributed by atoms with Crippen molar-refractivity contribution in [2.75, 3.05) is 7.11 Å². The molecular formula is C18H18N4O2S. The van der Waals surface area contributed by atoms with Crippen molar-refractivity contribution in [3.8, 4) is 6.07 Å². The van der Waals surface area contributed by atoms with Gasteiger partial charge >= 0.3 is 5.97 Å². The van der Waals surface area contributed by atoms with E-state index in [1.165, 1.54) is 18.9 Å². The first kappa shape index (κ1) is 18.6. The Hall–Kier alpha value is -2.72. The minimum atomic E-state index is -0.458. The number of thioether (sulfide) groups is 1. The summed E-state index contributed by atoms with van der Waals surface area (Å²) in [7, 11) is 1.33. The molecule has 0 saturated carbocycles. The van der Waals surface area contributed by atoms with Crippen LogP contribution in [-0.4, -0.2) is 23.3 Å². The average Bonchev–Trinajstić information content (AvgIpc) is 2.61. The van der Waals surface area contributed by atoms with Crippen LogP contribution in [0.3, 0.4) is 0 Å². The van der Waals surface area contributed by atoms with E-state index in [1.54, 1.807) is 20.8 Å². The van der Waals surface area contributed by atoms with Gasteiger partial charge in [-0.15, -0.1) is 5.11 Å². The standard InChI is InChI=1S/C18H18N4O2S/c1-11-15(10-19)17(25-13(3)18(23)24-4)20-12(2)16(11)22-21-14-8-6-5-7-9-14/h5-9,13H,1-4H3. The number of rotatable bonds is 5. The van der Waals surface area contributed by atoms with E-state index >= 15 is 0 Å². The third-order valence-electron chi connectivity index (χ3n) is 3.51. The Bertz CT molecular complexity index is 844. The molecule has 0 aliphatic carbocycles. The number of pyridine rings is 1. The number of ether oxygens (including phenoxy) is 1. The number of hydrogen-bond acceptors (Lipinski definition) is 7. The Morgan fingerprint density at radius 1 is 1.28 bits per heavy atom. The summed E-state index contributed by atoms with van der Waals surface area (Å²) in [5.74, 6) is -0.362. The van der Waals surface area contributed by atoms with Gasteiger partial charge in [0.15, 0.2) is 0 Å². The lowest BCUT2D eigenvalue weighted by atomic mass is 10.1. The highest BCUT2D eigenvalue weighted by Crippen LogP contribution is 2.34. The van der Waals surface area contributed by atoms with Crippen LogP contribution in [0.25, 0.3) is 0 Å². The molecule has 7 heteroatoms. The summed E-state index contributed by atoms with van der Waals surface area (Å²) in [4.78, 5) is 16.1. The number of methoxy groups -OCH3 is 1. The van der Waals surface area contributed by atoms with Crippen molar-refractivity contribution >= 4 is 29.1 Å². The van der Waals surface area contributed by atoms with E-state index in [9.17, 15) is 10.1 Å². The van der Waals surface area contributed by atoms with Gasteiger partial charge in [0.25, 0.3) is 0 Å². The zero-order valence-corrected chi connectivity index (χ0v) is 15.3. The fourth-order valence-electron chi connectivity index (χ4n) is 2.16. The smallest absolute Gasteiger partial charge is 0.318 e. The predicted octanol–water partition coefficient (Wildman–Crippen LogP) is 4.64. The number of aryl methyl sites for hydroxylation is 1. The highest BCUT2D eigenvalue weighted by atomic mass is 32.2. The average molecular weight is 354 g/mol. The van der Waals surface area contributed by atoms with E-state index in [4.69, 9.17) is 4.74 Å². The number of carbonyl (C=O) groups is 1. The fraction of sp³-hybridized carbons (Fsp3) is 0.278. The van der Waals surface area contributed by atoms with Crippen LogP contribution in [0.2, 0.25) is 0 Å². The summed E-state index contributed by atoms with van der Waals surface area (Å²) in [6, 6.07) is 11.5. The number of benzene rings is 1. The first-order chi connectivity index (χ1) is 12.0. The van der Waals surface area contributed by atoms with Gasteiger partial charge in [-0.3, -0.25) is 4.79 Å². The molecule has 1 aromatic heterocycles. The van der Waals surface area contributed by atoms with Gasteiger partial charge in [-0.05, 0) is 38.5 Å². The first-order valence-electron chi connectivity index (χ1n) is 7.60. The van der Waals surface area contributed by atoms with Crippen LogP contribution in [0.15, 0.2) is 45.6 Å². The topological polar surface area (TPSA) is 87.7 Å². The molecule has 0 radical (unpaired) electrons. The number of carbonyl (C=O) groups excluding carboxylic acids is 1. The monoisotopic (exact) mass is 354 g/mol. The van der Waals surface area contributed by atoms with Gasteiger partial charge in [-0.25, -0.2) is 4.98 Å². The molecular weight excluding hydrogens is 336 g/mol. The van der Waals surface area contributed by atoms with Gasteiger partial charge in [0.2, 0.25) is 0 Å². The van der Waals surface area contributed by atoms with Crippen molar-refractivity contribution in [3.05, 3.63) is 47.2 Å². The van der Waals surface area contributed by atoms with Crippen LogP contribution in [0, 0.1) is 25.2 Å². The van der Waals surface area contributed by atoms with Crippen LogP contribution in [0.4, 0.5) is 11.4 Å². The van der Waals surface area contributed by atoms with E-state index in [1.807, 2.05) is 30.3 Å². The van der Waals surface area contributed by atoms with Crippen molar-refractivity contribution < 1.29 is 9.53 Å². The molecule has 0 N–H and O–H groups in total. The highest BCUT2D eigenvalue weighted by Gasteiger charge is 2.21. The number of azo groups is 1. The maximum absolute atomic E-state index is 11.6. The molecule has 0 bridgehead atoms. The molecule has 2 rings (SSSR count). The van der Waals surface area contributed by atoms with E-state index in [-0.39, 0.29) is 5.97 Å². The molecule has 128 valence electrons. The van der Waals surface area contributed by atoms with Crippen LogP contribution in [0.5, 0.6) is 0 Å². The van der Waals surface area contributed by atoms with Gasteiger partial charge in [-0.2, -0.15) is 10.4 Å². The summed E-state index contributed by atoms with van der Waals surface area (Å²) < 4.78 is 4.73. The highest BCUT2D eigenvalue weighted by molar-refractivity contribution is 8.00.